The molecule has 1 unspecified atom stereocenters. The average molecular weight is 350 g/mol. The van der Waals surface area contributed by atoms with Crippen LogP contribution >= 0.6 is 15.9 Å². The highest BCUT2D eigenvalue weighted by Crippen LogP contribution is 2.36. The zero-order valence-electron chi connectivity index (χ0n) is 12.5. The third-order valence-corrected chi connectivity index (χ3v) is 5.90. The topological polar surface area (TPSA) is 29.1 Å². The molecule has 1 aliphatic heterocycles. The lowest BCUT2D eigenvalue weighted by molar-refractivity contribution is -0.116. The molecule has 1 aromatic carbocycles. The molecule has 1 saturated carbocycles. The van der Waals surface area contributed by atoms with Gasteiger partial charge in [-0.25, -0.2) is 0 Å². The van der Waals surface area contributed by atoms with Crippen LogP contribution in [0.4, 0.5) is 5.69 Å². The Morgan fingerprint density at radius 1 is 1.19 bits per heavy atom. The van der Waals surface area contributed by atoms with Crippen molar-refractivity contribution >= 4 is 27.5 Å². The maximum Gasteiger partial charge on any atom is 0.224 e. The van der Waals surface area contributed by atoms with Crippen LogP contribution in [-0.4, -0.2) is 5.91 Å². The number of fused-ring (bicyclic) bond motifs is 1. The number of nitrogens with one attached hydrogen (secondary N) is 1. The predicted octanol–water partition coefficient (Wildman–Crippen LogP) is 5.37. The van der Waals surface area contributed by atoms with Crippen molar-refractivity contribution in [3.05, 3.63) is 29.3 Å². The SMILES string of the molecule is O=C1CCCc2cc(C(Br)CCC3CCCC3)ccc2N1. The van der Waals surface area contributed by atoms with E-state index in [0.717, 1.165) is 24.4 Å². The van der Waals surface area contributed by atoms with Gasteiger partial charge in [0.15, 0.2) is 0 Å². The lowest BCUT2D eigenvalue weighted by Gasteiger charge is -2.16. The number of rotatable bonds is 4. The first-order valence-electron chi connectivity index (χ1n) is 8.29. The van der Waals surface area contributed by atoms with E-state index in [9.17, 15) is 4.79 Å². The molecule has 1 heterocycles. The first-order valence-corrected chi connectivity index (χ1v) is 9.20. The Bertz CT molecular complexity index is 508. The van der Waals surface area contributed by atoms with E-state index >= 15 is 0 Å². The molecule has 1 N–H and O–H groups in total. The molecule has 114 valence electrons. The number of carbonyl (C=O) groups is 1. The van der Waals surface area contributed by atoms with Crippen LogP contribution in [0.1, 0.15) is 67.3 Å². The molecule has 0 aromatic heterocycles. The summed E-state index contributed by atoms with van der Waals surface area (Å²) in [5.41, 5.74) is 3.67. The number of hydrogen-bond acceptors (Lipinski definition) is 1. The summed E-state index contributed by atoms with van der Waals surface area (Å²) in [7, 11) is 0. The van der Waals surface area contributed by atoms with Gasteiger partial charge in [-0.3, -0.25) is 4.79 Å². The van der Waals surface area contributed by atoms with Crippen LogP contribution < -0.4 is 5.32 Å². The molecular formula is C18H24BrNO. The van der Waals surface area contributed by atoms with Crippen molar-refractivity contribution < 1.29 is 4.79 Å². The number of carbonyl (C=O) groups excluding carboxylic acids is 1. The van der Waals surface area contributed by atoms with Crippen molar-refractivity contribution in [2.75, 3.05) is 5.32 Å². The van der Waals surface area contributed by atoms with E-state index < -0.39 is 0 Å². The van der Waals surface area contributed by atoms with Crippen LogP contribution in [0.15, 0.2) is 18.2 Å². The number of benzene rings is 1. The molecule has 3 heteroatoms. The molecule has 0 spiro atoms. The second-order valence-electron chi connectivity index (χ2n) is 6.51. The van der Waals surface area contributed by atoms with Crippen LogP contribution in [0.25, 0.3) is 0 Å². The van der Waals surface area contributed by atoms with Crippen molar-refractivity contribution in [2.24, 2.45) is 5.92 Å². The van der Waals surface area contributed by atoms with Crippen molar-refractivity contribution in [2.45, 2.75) is 62.6 Å². The number of halogens is 1. The van der Waals surface area contributed by atoms with E-state index in [1.54, 1.807) is 0 Å². The van der Waals surface area contributed by atoms with Crippen LogP contribution in [0, 0.1) is 5.92 Å². The number of aryl methyl sites for hydroxylation is 1. The molecule has 2 aliphatic rings. The highest BCUT2D eigenvalue weighted by atomic mass is 79.9. The minimum atomic E-state index is 0.151. The monoisotopic (exact) mass is 349 g/mol. The summed E-state index contributed by atoms with van der Waals surface area (Å²) < 4.78 is 0. The minimum absolute atomic E-state index is 0.151. The Kier molecular flexibility index (Phi) is 4.99. The fourth-order valence-electron chi connectivity index (χ4n) is 3.64. The molecule has 0 saturated heterocycles. The molecule has 1 aromatic rings. The molecule has 1 aliphatic carbocycles. The molecule has 21 heavy (non-hydrogen) atoms. The Hall–Kier alpha value is -0.830. The summed E-state index contributed by atoms with van der Waals surface area (Å²) in [6.07, 6.45) is 10.9. The first-order chi connectivity index (χ1) is 10.2. The third kappa shape index (κ3) is 3.88. The summed E-state index contributed by atoms with van der Waals surface area (Å²) in [4.78, 5) is 12.0. The number of alkyl halides is 1. The van der Waals surface area contributed by atoms with Crippen LogP contribution in [0.3, 0.4) is 0 Å². The van der Waals surface area contributed by atoms with Gasteiger partial charge in [-0.1, -0.05) is 53.7 Å². The highest BCUT2D eigenvalue weighted by molar-refractivity contribution is 9.09. The van der Waals surface area contributed by atoms with Gasteiger partial charge in [0.25, 0.3) is 0 Å². The van der Waals surface area contributed by atoms with Crippen molar-refractivity contribution in [3.8, 4) is 0 Å². The Morgan fingerprint density at radius 3 is 2.81 bits per heavy atom. The first kappa shape index (κ1) is 15.1. The van der Waals surface area contributed by atoms with Gasteiger partial charge in [0.1, 0.15) is 0 Å². The Labute approximate surface area is 135 Å². The lowest BCUT2D eigenvalue weighted by Crippen LogP contribution is -2.09. The summed E-state index contributed by atoms with van der Waals surface area (Å²) in [5.74, 6) is 1.10. The molecule has 0 radical (unpaired) electrons. The van der Waals surface area contributed by atoms with Crippen molar-refractivity contribution in [1.29, 1.82) is 0 Å². The van der Waals surface area contributed by atoms with E-state index in [-0.39, 0.29) is 5.91 Å². The molecule has 0 bridgehead atoms. The smallest absolute Gasteiger partial charge is 0.224 e. The third-order valence-electron chi connectivity index (χ3n) is 4.92. The minimum Gasteiger partial charge on any atom is -0.326 e. The standard InChI is InChI=1S/C18H24BrNO/c19-16(10-8-13-4-1-2-5-13)14-9-11-17-15(12-14)6-3-7-18(21)20-17/h9,11-13,16H,1-8,10H2,(H,20,21). The van der Waals surface area contributed by atoms with Gasteiger partial charge in [-0.05, 0) is 48.8 Å². The zero-order valence-corrected chi connectivity index (χ0v) is 14.1. The van der Waals surface area contributed by atoms with Crippen molar-refractivity contribution in [3.63, 3.8) is 0 Å². The number of anilines is 1. The second kappa shape index (κ2) is 6.95. The Morgan fingerprint density at radius 2 is 2.00 bits per heavy atom. The molecule has 1 atom stereocenters. The molecule has 1 amide bonds. The Balaban J connectivity index is 1.64. The summed E-state index contributed by atoms with van der Waals surface area (Å²) in [5, 5.41) is 3.01. The summed E-state index contributed by atoms with van der Waals surface area (Å²) in [6, 6.07) is 6.53. The molecule has 2 nitrogen and oxygen atoms in total. The van der Waals surface area contributed by atoms with E-state index in [0.29, 0.717) is 11.2 Å². The van der Waals surface area contributed by atoms with E-state index in [4.69, 9.17) is 0 Å². The van der Waals surface area contributed by atoms with Gasteiger partial charge in [0.05, 0.1) is 0 Å². The zero-order chi connectivity index (χ0) is 14.7. The number of amides is 1. The van der Waals surface area contributed by atoms with Gasteiger partial charge in [-0.2, -0.15) is 0 Å². The van der Waals surface area contributed by atoms with E-state index in [2.05, 4.69) is 39.4 Å². The lowest BCUT2D eigenvalue weighted by atomic mass is 9.96. The van der Waals surface area contributed by atoms with E-state index in [1.165, 1.54) is 49.7 Å². The van der Waals surface area contributed by atoms with Gasteiger partial charge in [-0.15, -0.1) is 0 Å². The van der Waals surface area contributed by atoms with Crippen molar-refractivity contribution in [1.82, 2.24) is 0 Å². The fourth-order valence-corrected chi connectivity index (χ4v) is 4.19. The van der Waals surface area contributed by atoms with E-state index in [1.807, 2.05) is 0 Å². The maximum absolute atomic E-state index is 11.6. The maximum atomic E-state index is 11.6. The van der Waals surface area contributed by atoms with Crippen LogP contribution in [0.5, 0.6) is 0 Å². The fraction of sp³-hybridized carbons (Fsp3) is 0.611. The summed E-state index contributed by atoms with van der Waals surface area (Å²) in [6.45, 7) is 0. The predicted molar refractivity (Wildman–Crippen MR) is 90.9 cm³/mol. The quantitative estimate of drug-likeness (QED) is 0.727. The number of hydrogen-bond donors (Lipinski definition) is 1. The largest absolute Gasteiger partial charge is 0.326 e. The average Bonchev–Trinajstić information content (AvgIpc) is 2.92. The van der Waals surface area contributed by atoms with Crippen LogP contribution in [-0.2, 0) is 11.2 Å². The van der Waals surface area contributed by atoms with Gasteiger partial charge in [0.2, 0.25) is 5.91 Å². The normalized spacial score (nSPS) is 20.7. The highest BCUT2D eigenvalue weighted by Gasteiger charge is 2.18. The van der Waals surface area contributed by atoms with Gasteiger partial charge < -0.3 is 5.32 Å². The van der Waals surface area contributed by atoms with Gasteiger partial charge >= 0.3 is 0 Å². The molecule has 3 rings (SSSR count). The summed E-state index contributed by atoms with van der Waals surface area (Å²) >= 11 is 3.87. The molecule has 1 fully saturated rings. The van der Waals surface area contributed by atoms with Crippen LogP contribution in [0.2, 0.25) is 0 Å². The second-order valence-corrected chi connectivity index (χ2v) is 7.62. The molecular weight excluding hydrogens is 326 g/mol. The van der Waals surface area contributed by atoms with Gasteiger partial charge in [0, 0.05) is 16.9 Å².